The number of hydrogen-bond donors (Lipinski definition) is 0. The van der Waals surface area contributed by atoms with E-state index in [1.54, 1.807) is 0 Å². The SMILES string of the molecule is C[N+](C)=C1C=CC(=CC=C2C=C(c3ccc(Cl)cc3)C=C(c3ccc(Cl)cc3)O2)C=C1.Cc1cc(-c2ccc(Cl)cc2)cc(-c2ccc(Cl)cc2)[o+]1.FB(F)F.FB(F)F.[F-].[F-]. The average molecular weight is 937 g/mol. The normalized spacial score (nSPS) is 12.8. The second kappa shape index (κ2) is 26.2. The molecule has 0 saturated carbocycles. The van der Waals surface area contributed by atoms with Crippen molar-refractivity contribution in [3.8, 4) is 22.5 Å². The summed E-state index contributed by atoms with van der Waals surface area (Å²) >= 11 is 24.0. The van der Waals surface area contributed by atoms with Gasteiger partial charge in [-0.1, -0.05) is 76.7 Å². The maximum atomic E-state index is 9.67. The van der Waals surface area contributed by atoms with Crippen molar-refractivity contribution in [2.45, 2.75) is 6.92 Å². The van der Waals surface area contributed by atoms with Crippen LogP contribution in [0.4, 0.5) is 25.9 Å². The van der Waals surface area contributed by atoms with Crippen molar-refractivity contribution in [2.75, 3.05) is 14.1 Å². The molecular weight excluding hydrogens is 902 g/mol. The highest BCUT2D eigenvalue weighted by molar-refractivity contribution is 6.33. The molecule has 7 rings (SSSR count). The predicted molar refractivity (Wildman–Crippen MR) is 238 cm³/mol. The Bertz CT molecular complexity index is 2340. The van der Waals surface area contributed by atoms with Crippen LogP contribution in [0.25, 0.3) is 33.8 Å². The second-order valence-corrected chi connectivity index (χ2v) is 14.5. The highest BCUT2D eigenvalue weighted by atomic mass is 35.5. The second-order valence-electron chi connectivity index (χ2n) is 12.8. The van der Waals surface area contributed by atoms with Crippen LogP contribution in [-0.2, 0) is 4.74 Å². The Kier molecular flexibility index (Phi) is 22.3. The minimum atomic E-state index is -3.67. The van der Waals surface area contributed by atoms with E-state index in [1.807, 2.05) is 148 Å². The van der Waals surface area contributed by atoms with E-state index in [2.05, 4.69) is 35.0 Å². The Balaban J connectivity index is 0.000000370. The van der Waals surface area contributed by atoms with Crippen LogP contribution in [0.3, 0.4) is 0 Å². The van der Waals surface area contributed by atoms with Crippen LogP contribution in [0.1, 0.15) is 16.9 Å². The van der Waals surface area contributed by atoms with E-state index in [-0.39, 0.29) is 9.41 Å². The van der Waals surface area contributed by atoms with Crippen molar-refractivity contribution in [1.29, 1.82) is 0 Å². The first-order valence-electron chi connectivity index (χ1n) is 17.8. The molecule has 0 radical (unpaired) electrons. The van der Waals surface area contributed by atoms with Gasteiger partial charge in [0.2, 0.25) is 0 Å². The number of ether oxygens (including phenoxy) is 1. The Morgan fingerprint density at radius 1 is 0.532 bits per heavy atom. The van der Waals surface area contributed by atoms with E-state index in [0.29, 0.717) is 15.1 Å². The van der Waals surface area contributed by atoms with E-state index in [4.69, 9.17) is 55.6 Å². The van der Waals surface area contributed by atoms with Gasteiger partial charge in [0.15, 0.2) is 5.71 Å². The van der Waals surface area contributed by atoms with Gasteiger partial charge < -0.3 is 14.1 Å². The fourth-order valence-corrected chi connectivity index (χ4v) is 5.94. The molecule has 0 amide bonds. The van der Waals surface area contributed by atoms with E-state index in [1.165, 1.54) is 0 Å². The standard InChI is InChI=1S/C27H22Cl2NO.C18H13Cl2O.2BF3.2FH/c1-30(2)25-14-3-19(4-15-25)5-16-26-17-22(20-6-10-23(28)11-7-20)18-27(31-26)21-8-12-24(29)13-9-21;1-12-10-15(13-2-6-16(19)7-3-13)11-18(21-12)14-4-8-17(20)9-5-14;2*2-1(3)4;;/h3-18H,1-2H3;2-11H,1H3;;;2*1H/q2*+1;;;;/p-2. The molecule has 0 spiro atoms. The summed E-state index contributed by atoms with van der Waals surface area (Å²) in [6, 6.07) is 34.9. The fraction of sp³-hybridized carbons (Fsp3) is 0.0667. The van der Waals surface area contributed by atoms with Crippen molar-refractivity contribution in [3.63, 3.8) is 0 Å². The van der Waals surface area contributed by atoms with Gasteiger partial charge in [0, 0.05) is 49.4 Å². The number of allylic oxidation sites excluding steroid dienone is 10. The fourth-order valence-electron chi connectivity index (χ4n) is 5.43. The summed E-state index contributed by atoms with van der Waals surface area (Å²) in [6.07, 6.45) is 16.5. The highest BCUT2D eigenvalue weighted by Crippen LogP contribution is 2.33. The molecule has 0 unspecified atom stereocenters. The molecule has 5 aromatic rings. The maximum absolute atomic E-state index is 9.67. The van der Waals surface area contributed by atoms with Gasteiger partial charge in [-0.2, -0.15) is 0 Å². The lowest BCUT2D eigenvalue weighted by molar-refractivity contribution is -0.462. The molecule has 0 N–H and O–H groups in total. The van der Waals surface area contributed by atoms with E-state index < -0.39 is 15.1 Å². The molecule has 0 bridgehead atoms. The van der Waals surface area contributed by atoms with Crippen LogP contribution in [0.5, 0.6) is 0 Å². The van der Waals surface area contributed by atoms with Crippen LogP contribution in [0.15, 0.2) is 174 Å². The van der Waals surface area contributed by atoms with Gasteiger partial charge in [0.1, 0.15) is 25.6 Å². The number of hydrogen-bond acceptors (Lipinski definition) is 1. The number of nitrogens with zero attached hydrogens (tertiary/aromatic N) is 1. The van der Waals surface area contributed by atoms with Crippen molar-refractivity contribution < 1.29 is 49.0 Å². The lowest BCUT2D eigenvalue weighted by Gasteiger charge is -2.18. The zero-order valence-electron chi connectivity index (χ0n) is 33.0. The summed E-state index contributed by atoms with van der Waals surface area (Å²) in [7, 11) is -3.27. The summed E-state index contributed by atoms with van der Waals surface area (Å²) in [5.74, 6) is 3.20. The molecule has 1 aliphatic heterocycles. The van der Waals surface area contributed by atoms with E-state index in [9.17, 15) is 25.9 Å². The van der Waals surface area contributed by atoms with Gasteiger partial charge in [-0.15, -0.1) is 0 Å². The first-order chi connectivity index (χ1) is 28.6. The molecule has 0 saturated heterocycles. The van der Waals surface area contributed by atoms with Gasteiger partial charge in [-0.05, 0) is 125 Å². The Hall–Kier alpha value is -5.33. The van der Waals surface area contributed by atoms with E-state index in [0.717, 1.165) is 72.7 Å². The monoisotopic (exact) mass is 935 g/mol. The summed E-state index contributed by atoms with van der Waals surface area (Å²) in [6.45, 7) is 1.94. The molecule has 2 heterocycles. The predicted octanol–water partition coefficient (Wildman–Crippen LogP) is 9.38. The van der Waals surface area contributed by atoms with E-state index >= 15 is 0 Å². The highest BCUT2D eigenvalue weighted by Gasteiger charge is 2.17. The largest absolute Gasteiger partial charge is 1.00 e. The molecule has 1 aliphatic carbocycles. The molecule has 3 nitrogen and oxygen atoms in total. The van der Waals surface area contributed by atoms with Gasteiger partial charge >= 0.3 is 26.6 Å². The molecular formula is C45H35B2Cl4F8NO2. The maximum Gasteiger partial charge on any atom is 0.762 e. The number of halogens is 12. The van der Waals surface area contributed by atoms with Gasteiger partial charge in [0.25, 0.3) is 0 Å². The Morgan fingerprint density at radius 2 is 0.952 bits per heavy atom. The van der Waals surface area contributed by atoms with Crippen LogP contribution in [0, 0.1) is 6.92 Å². The van der Waals surface area contributed by atoms with Crippen LogP contribution in [-0.4, -0.2) is 39.5 Å². The van der Waals surface area contributed by atoms with Crippen LogP contribution in [0.2, 0.25) is 20.1 Å². The summed E-state index contributed by atoms with van der Waals surface area (Å²) in [5, 5.41) is 2.85. The molecule has 2 aliphatic rings. The van der Waals surface area contributed by atoms with Crippen molar-refractivity contribution >= 4 is 78.5 Å². The molecule has 17 heteroatoms. The minimum Gasteiger partial charge on any atom is -1.00 e. The van der Waals surface area contributed by atoms with Gasteiger partial charge in [0.05, 0.1) is 18.6 Å². The van der Waals surface area contributed by atoms with Gasteiger partial charge in [-0.25, -0.2) is 8.99 Å². The molecule has 322 valence electrons. The number of rotatable bonds is 5. The third kappa shape index (κ3) is 17.9. The zero-order valence-corrected chi connectivity index (χ0v) is 36.0. The summed E-state index contributed by atoms with van der Waals surface area (Å²) in [5.41, 5.74) is 8.55. The number of aryl methyl sites for hydroxylation is 1. The molecule has 4 aromatic carbocycles. The van der Waals surface area contributed by atoms with Crippen molar-refractivity contribution in [2.24, 2.45) is 0 Å². The van der Waals surface area contributed by atoms with Crippen molar-refractivity contribution in [3.05, 3.63) is 206 Å². The first-order valence-corrected chi connectivity index (χ1v) is 19.3. The smallest absolute Gasteiger partial charge is 0.762 e. The zero-order chi connectivity index (χ0) is 43.8. The molecule has 62 heavy (non-hydrogen) atoms. The third-order valence-corrected chi connectivity index (χ3v) is 9.20. The third-order valence-electron chi connectivity index (χ3n) is 8.19. The lowest BCUT2D eigenvalue weighted by Crippen LogP contribution is -3.00. The lowest BCUT2D eigenvalue weighted by atomic mass is 10.0. The van der Waals surface area contributed by atoms with Crippen molar-refractivity contribution in [1.82, 2.24) is 0 Å². The minimum absolute atomic E-state index is 0. The number of benzene rings is 4. The summed E-state index contributed by atoms with van der Waals surface area (Å²) < 4.78 is 72.1. The van der Waals surface area contributed by atoms with Crippen LogP contribution >= 0.6 is 46.4 Å². The quantitative estimate of drug-likeness (QED) is 0.0760. The Morgan fingerprint density at radius 3 is 1.40 bits per heavy atom. The molecule has 0 fully saturated rings. The average Bonchev–Trinajstić information content (AvgIpc) is 3.21. The topological polar surface area (TPSA) is 23.5 Å². The summed E-state index contributed by atoms with van der Waals surface area (Å²) in [4.78, 5) is 0. The molecule has 1 aromatic heterocycles. The Labute approximate surface area is 375 Å². The van der Waals surface area contributed by atoms with Crippen LogP contribution < -0.4 is 9.41 Å². The first kappa shape index (κ1) is 52.8. The van der Waals surface area contributed by atoms with Gasteiger partial charge in [-0.3, -0.25) is 25.9 Å². The molecule has 0 atom stereocenters.